The number of hydrogen-bond donors (Lipinski definition) is 1. The Morgan fingerprint density at radius 3 is 2.62 bits per heavy atom. The summed E-state index contributed by atoms with van der Waals surface area (Å²) in [5.74, 6) is 0.808. The molecule has 1 N–H and O–H groups in total. The maximum absolute atomic E-state index is 12.6. The summed E-state index contributed by atoms with van der Waals surface area (Å²) in [6.45, 7) is 10.4. The van der Waals surface area contributed by atoms with E-state index in [1.165, 1.54) is 15.9 Å². The van der Waals surface area contributed by atoms with Crippen LogP contribution in [0.2, 0.25) is 0 Å². The van der Waals surface area contributed by atoms with Crippen molar-refractivity contribution in [2.24, 2.45) is 5.92 Å². The quantitative estimate of drug-likeness (QED) is 0.941. The highest BCUT2D eigenvalue weighted by atomic mass is 32.1. The Labute approximate surface area is 128 Å². The zero-order valence-electron chi connectivity index (χ0n) is 13.1. The van der Waals surface area contributed by atoms with Crippen LogP contribution in [0.1, 0.15) is 30.1 Å². The molecule has 0 radical (unpaired) electrons. The monoisotopic (exact) mass is 307 g/mol. The molecule has 2 heterocycles. The van der Waals surface area contributed by atoms with Gasteiger partial charge in [-0.15, -0.1) is 11.3 Å². The average molecular weight is 307 g/mol. The molecule has 0 atom stereocenters. The van der Waals surface area contributed by atoms with Crippen LogP contribution in [0.25, 0.3) is 10.2 Å². The van der Waals surface area contributed by atoms with E-state index in [0.717, 1.165) is 15.3 Å². The fraction of sp³-hybridized carbons (Fsp3) is 0.533. The maximum atomic E-state index is 12.6. The van der Waals surface area contributed by atoms with Crippen LogP contribution in [-0.4, -0.2) is 22.0 Å². The number of carbonyl (C=O) groups is 1. The van der Waals surface area contributed by atoms with E-state index in [0.29, 0.717) is 23.7 Å². The number of nitrogens with one attached hydrogen (secondary N) is 1. The molecule has 0 bridgehead atoms. The third kappa shape index (κ3) is 3.15. The second-order valence-electron chi connectivity index (χ2n) is 5.71. The van der Waals surface area contributed by atoms with Crippen molar-refractivity contribution in [3.63, 3.8) is 0 Å². The molecule has 21 heavy (non-hydrogen) atoms. The van der Waals surface area contributed by atoms with E-state index < -0.39 is 0 Å². The minimum Gasteiger partial charge on any atom is -0.354 e. The summed E-state index contributed by atoms with van der Waals surface area (Å²) in [6, 6.07) is 0. The first-order chi connectivity index (χ1) is 9.81. The fourth-order valence-corrected chi connectivity index (χ4v) is 3.20. The van der Waals surface area contributed by atoms with Gasteiger partial charge in [-0.05, 0) is 32.3 Å². The van der Waals surface area contributed by atoms with E-state index in [1.807, 2.05) is 27.7 Å². The molecular weight excluding hydrogens is 286 g/mol. The van der Waals surface area contributed by atoms with E-state index >= 15 is 0 Å². The third-order valence-electron chi connectivity index (χ3n) is 3.49. The normalized spacial score (nSPS) is 11.3. The Morgan fingerprint density at radius 2 is 2.00 bits per heavy atom. The predicted molar refractivity (Wildman–Crippen MR) is 85.9 cm³/mol. The lowest BCUT2D eigenvalue weighted by atomic mass is 10.2. The van der Waals surface area contributed by atoms with E-state index in [4.69, 9.17) is 0 Å². The molecule has 0 spiro atoms. The summed E-state index contributed by atoms with van der Waals surface area (Å²) >= 11 is 1.52. The second kappa shape index (κ2) is 5.97. The Kier molecular flexibility index (Phi) is 4.46. The molecule has 2 aromatic heterocycles. The molecule has 5 nitrogen and oxygen atoms in total. The minimum atomic E-state index is -0.153. The standard InChI is InChI=1S/C15H21N3O2S/c1-8(2)6-16-12(19)7-18-11(5)17-14-13(15(18)20)9(3)10(4)21-14/h8H,6-7H2,1-5H3,(H,16,19). The fourth-order valence-electron chi connectivity index (χ4n) is 2.13. The second-order valence-corrected chi connectivity index (χ2v) is 6.91. The van der Waals surface area contributed by atoms with Gasteiger partial charge < -0.3 is 5.32 Å². The summed E-state index contributed by atoms with van der Waals surface area (Å²) in [5, 5.41) is 3.47. The van der Waals surface area contributed by atoms with Crippen LogP contribution in [0.5, 0.6) is 0 Å². The number of thiophene rings is 1. The van der Waals surface area contributed by atoms with Gasteiger partial charge in [0.1, 0.15) is 17.2 Å². The molecule has 0 unspecified atom stereocenters. The first-order valence-corrected chi connectivity index (χ1v) is 7.86. The molecule has 2 rings (SSSR count). The van der Waals surface area contributed by atoms with Gasteiger partial charge in [-0.1, -0.05) is 13.8 Å². The molecule has 2 aromatic rings. The molecule has 0 aromatic carbocycles. The highest BCUT2D eigenvalue weighted by Crippen LogP contribution is 2.26. The Morgan fingerprint density at radius 1 is 1.33 bits per heavy atom. The number of carbonyl (C=O) groups excluding carboxylic acids is 1. The largest absolute Gasteiger partial charge is 0.354 e. The highest BCUT2D eigenvalue weighted by molar-refractivity contribution is 7.18. The predicted octanol–water partition coefficient (Wildman–Crippen LogP) is 2.16. The van der Waals surface area contributed by atoms with Crippen LogP contribution < -0.4 is 10.9 Å². The van der Waals surface area contributed by atoms with Crippen LogP contribution in [0, 0.1) is 26.7 Å². The van der Waals surface area contributed by atoms with Crippen molar-refractivity contribution in [2.45, 2.75) is 41.2 Å². The molecule has 0 aliphatic rings. The SMILES string of the molecule is Cc1sc2nc(C)n(CC(=O)NCC(C)C)c(=O)c2c1C. The first kappa shape index (κ1) is 15.7. The molecule has 114 valence electrons. The number of aromatic nitrogens is 2. The lowest BCUT2D eigenvalue weighted by Gasteiger charge is -2.11. The van der Waals surface area contributed by atoms with Crippen molar-refractivity contribution in [2.75, 3.05) is 6.54 Å². The van der Waals surface area contributed by atoms with Crippen LogP contribution in [0.3, 0.4) is 0 Å². The molecule has 1 amide bonds. The van der Waals surface area contributed by atoms with Gasteiger partial charge in [-0.25, -0.2) is 4.98 Å². The van der Waals surface area contributed by atoms with Gasteiger partial charge >= 0.3 is 0 Å². The van der Waals surface area contributed by atoms with Crippen molar-refractivity contribution in [3.05, 3.63) is 26.6 Å². The Hall–Kier alpha value is -1.69. The van der Waals surface area contributed by atoms with Gasteiger partial charge in [0.15, 0.2) is 0 Å². The van der Waals surface area contributed by atoms with E-state index in [1.54, 1.807) is 6.92 Å². The topological polar surface area (TPSA) is 64.0 Å². The lowest BCUT2D eigenvalue weighted by Crippen LogP contribution is -2.35. The van der Waals surface area contributed by atoms with Crippen LogP contribution in [0.4, 0.5) is 0 Å². The molecular formula is C15H21N3O2S. The van der Waals surface area contributed by atoms with Gasteiger partial charge in [-0.2, -0.15) is 0 Å². The van der Waals surface area contributed by atoms with Crippen molar-refractivity contribution < 1.29 is 4.79 Å². The van der Waals surface area contributed by atoms with Gasteiger partial charge in [0.05, 0.1) is 5.39 Å². The van der Waals surface area contributed by atoms with Crippen molar-refractivity contribution in [3.8, 4) is 0 Å². The van der Waals surface area contributed by atoms with Gasteiger partial charge in [0, 0.05) is 11.4 Å². The molecule has 0 fully saturated rings. The number of nitrogens with zero attached hydrogens (tertiary/aromatic N) is 2. The van der Waals surface area contributed by atoms with Gasteiger partial charge in [0.25, 0.3) is 5.56 Å². The van der Waals surface area contributed by atoms with E-state index in [9.17, 15) is 9.59 Å². The van der Waals surface area contributed by atoms with Crippen molar-refractivity contribution >= 4 is 27.5 Å². The summed E-state index contributed by atoms with van der Waals surface area (Å²) in [6.07, 6.45) is 0. The highest BCUT2D eigenvalue weighted by Gasteiger charge is 2.16. The Bertz CT molecular complexity index is 743. The zero-order valence-corrected chi connectivity index (χ0v) is 13.9. The van der Waals surface area contributed by atoms with Crippen LogP contribution in [0.15, 0.2) is 4.79 Å². The average Bonchev–Trinajstić information content (AvgIpc) is 2.67. The zero-order chi connectivity index (χ0) is 15.7. The van der Waals surface area contributed by atoms with Gasteiger partial charge in [0.2, 0.25) is 5.91 Å². The lowest BCUT2D eigenvalue weighted by molar-refractivity contribution is -0.121. The summed E-state index contributed by atoms with van der Waals surface area (Å²) in [5.41, 5.74) is 0.836. The first-order valence-electron chi connectivity index (χ1n) is 7.05. The molecule has 0 aliphatic carbocycles. The molecule has 6 heteroatoms. The number of rotatable bonds is 4. The van der Waals surface area contributed by atoms with E-state index in [-0.39, 0.29) is 18.0 Å². The number of amides is 1. The smallest absolute Gasteiger partial charge is 0.263 e. The third-order valence-corrected chi connectivity index (χ3v) is 4.59. The number of aryl methyl sites for hydroxylation is 3. The van der Waals surface area contributed by atoms with E-state index in [2.05, 4.69) is 10.3 Å². The minimum absolute atomic E-state index is 0.0225. The maximum Gasteiger partial charge on any atom is 0.263 e. The molecule has 0 aliphatic heterocycles. The summed E-state index contributed by atoms with van der Waals surface area (Å²) in [7, 11) is 0. The molecule has 0 saturated heterocycles. The Balaban J connectivity index is 2.38. The van der Waals surface area contributed by atoms with Crippen LogP contribution >= 0.6 is 11.3 Å². The molecule has 0 saturated carbocycles. The van der Waals surface area contributed by atoms with Gasteiger partial charge in [-0.3, -0.25) is 14.2 Å². The van der Waals surface area contributed by atoms with Crippen molar-refractivity contribution in [1.82, 2.24) is 14.9 Å². The number of fused-ring (bicyclic) bond motifs is 1. The summed E-state index contributed by atoms with van der Waals surface area (Å²) in [4.78, 5) is 30.9. The number of hydrogen-bond acceptors (Lipinski definition) is 4. The van der Waals surface area contributed by atoms with Crippen molar-refractivity contribution in [1.29, 1.82) is 0 Å². The summed E-state index contributed by atoms with van der Waals surface area (Å²) < 4.78 is 1.46. The van der Waals surface area contributed by atoms with Crippen LogP contribution in [-0.2, 0) is 11.3 Å².